The Balaban J connectivity index is 0.00000341. The van der Waals surface area contributed by atoms with Gasteiger partial charge < -0.3 is 15.4 Å². The van der Waals surface area contributed by atoms with Crippen LogP contribution in [0.3, 0.4) is 0 Å². The maximum absolute atomic E-state index is 5.47. The molecule has 0 aliphatic carbocycles. The monoisotopic (exact) mass is 557 g/mol. The first-order valence-electron chi connectivity index (χ1n) is 11.0. The Morgan fingerprint density at radius 3 is 2.61 bits per heavy atom. The van der Waals surface area contributed by atoms with Gasteiger partial charge in [0.25, 0.3) is 0 Å². The van der Waals surface area contributed by atoms with Crippen molar-refractivity contribution in [1.82, 2.24) is 20.5 Å². The summed E-state index contributed by atoms with van der Waals surface area (Å²) < 4.78 is 5.47. The van der Waals surface area contributed by atoms with E-state index < -0.39 is 0 Å². The highest BCUT2D eigenvalue weighted by Crippen LogP contribution is 2.19. The van der Waals surface area contributed by atoms with Crippen LogP contribution in [0, 0.1) is 0 Å². The van der Waals surface area contributed by atoms with Gasteiger partial charge in [0.1, 0.15) is 0 Å². The standard InChI is InChI=1S/C23H35N5OS.HI/c1-4-24-23(25-10-9-21-17-30-22(27-21)18(2)3)26-15-19-7-5-6-8-20(19)16-28-11-13-29-14-12-28;/h5-8,17-18H,4,9-16H2,1-3H3,(H2,24,25,26);1H. The first-order chi connectivity index (χ1) is 14.7. The van der Waals surface area contributed by atoms with E-state index >= 15 is 0 Å². The Hall–Kier alpha value is -1.23. The average Bonchev–Trinajstić information content (AvgIpc) is 3.23. The number of nitrogens with one attached hydrogen (secondary N) is 2. The molecule has 1 saturated heterocycles. The van der Waals surface area contributed by atoms with Crippen LogP contribution < -0.4 is 10.6 Å². The minimum atomic E-state index is 0. The fraction of sp³-hybridized carbons (Fsp3) is 0.565. The Morgan fingerprint density at radius 1 is 1.19 bits per heavy atom. The lowest BCUT2D eigenvalue weighted by molar-refractivity contribution is 0.0341. The van der Waals surface area contributed by atoms with E-state index in [2.05, 4.69) is 66.0 Å². The third-order valence-corrected chi connectivity index (χ3v) is 6.30. The molecule has 3 rings (SSSR count). The molecule has 1 aromatic heterocycles. The summed E-state index contributed by atoms with van der Waals surface area (Å²) in [5.74, 6) is 1.35. The molecule has 0 amide bonds. The largest absolute Gasteiger partial charge is 0.379 e. The fourth-order valence-electron chi connectivity index (χ4n) is 3.38. The van der Waals surface area contributed by atoms with Crippen LogP contribution in [-0.2, 0) is 24.2 Å². The molecule has 172 valence electrons. The summed E-state index contributed by atoms with van der Waals surface area (Å²) in [4.78, 5) is 12.0. The van der Waals surface area contributed by atoms with Crippen LogP contribution in [0.25, 0.3) is 0 Å². The lowest BCUT2D eigenvalue weighted by Crippen LogP contribution is -2.38. The van der Waals surface area contributed by atoms with Crippen LogP contribution in [0.1, 0.15) is 48.5 Å². The molecule has 2 heterocycles. The highest BCUT2D eigenvalue weighted by Gasteiger charge is 2.12. The minimum Gasteiger partial charge on any atom is -0.379 e. The third kappa shape index (κ3) is 8.67. The topological polar surface area (TPSA) is 61.8 Å². The number of guanidine groups is 1. The molecule has 0 bridgehead atoms. The van der Waals surface area contributed by atoms with E-state index in [-0.39, 0.29) is 24.0 Å². The Kier molecular flexibility index (Phi) is 11.8. The number of hydrogen-bond acceptors (Lipinski definition) is 5. The second kappa shape index (κ2) is 14.0. The zero-order valence-electron chi connectivity index (χ0n) is 18.9. The van der Waals surface area contributed by atoms with Crippen molar-refractivity contribution in [3.63, 3.8) is 0 Å². The Bertz CT molecular complexity index is 805. The number of aliphatic imine (C=N–C) groups is 1. The Labute approximate surface area is 207 Å². The van der Waals surface area contributed by atoms with Crippen LogP contribution in [0.15, 0.2) is 34.6 Å². The molecular weight excluding hydrogens is 521 g/mol. The van der Waals surface area contributed by atoms with Crippen molar-refractivity contribution in [2.75, 3.05) is 39.4 Å². The van der Waals surface area contributed by atoms with E-state index in [0.29, 0.717) is 12.5 Å². The number of nitrogens with zero attached hydrogens (tertiary/aromatic N) is 3. The van der Waals surface area contributed by atoms with E-state index in [4.69, 9.17) is 14.7 Å². The van der Waals surface area contributed by atoms with Crippen molar-refractivity contribution in [2.24, 2.45) is 4.99 Å². The molecule has 1 aromatic carbocycles. The van der Waals surface area contributed by atoms with Gasteiger partial charge in [-0.15, -0.1) is 35.3 Å². The summed E-state index contributed by atoms with van der Waals surface area (Å²) in [7, 11) is 0. The molecule has 0 spiro atoms. The number of ether oxygens (including phenoxy) is 1. The van der Waals surface area contributed by atoms with Crippen LogP contribution >= 0.6 is 35.3 Å². The van der Waals surface area contributed by atoms with Gasteiger partial charge in [-0.25, -0.2) is 9.98 Å². The van der Waals surface area contributed by atoms with Gasteiger partial charge in [-0.1, -0.05) is 38.1 Å². The van der Waals surface area contributed by atoms with Gasteiger partial charge in [0.2, 0.25) is 0 Å². The zero-order chi connectivity index (χ0) is 21.2. The number of rotatable bonds is 9. The second-order valence-electron chi connectivity index (χ2n) is 7.86. The van der Waals surface area contributed by atoms with Crippen LogP contribution in [0.4, 0.5) is 0 Å². The molecule has 0 radical (unpaired) electrons. The number of morpholine rings is 1. The number of thiazole rings is 1. The molecule has 1 aliphatic rings. The van der Waals surface area contributed by atoms with E-state index in [1.165, 1.54) is 16.1 Å². The molecule has 2 aromatic rings. The van der Waals surface area contributed by atoms with Gasteiger partial charge >= 0.3 is 0 Å². The predicted octanol–water partition coefficient (Wildman–Crippen LogP) is 4.01. The van der Waals surface area contributed by atoms with Gasteiger partial charge in [0.15, 0.2) is 5.96 Å². The Morgan fingerprint density at radius 2 is 1.94 bits per heavy atom. The van der Waals surface area contributed by atoms with Gasteiger partial charge in [0.05, 0.1) is 30.5 Å². The smallest absolute Gasteiger partial charge is 0.191 e. The zero-order valence-corrected chi connectivity index (χ0v) is 22.0. The van der Waals surface area contributed by atoms with Crippen molar-refractivity contribution in [3.8, 4) is 0 Å². The quantitative estimate of drug-likeness (QED) is 0.277. The molecular formula is C23H36IN5OS. The third-order valence-electron chi connectivity index (χ3n) is 5.10. The number of halogens is 1. The molecule has 0 unspecified atom stereocenters. The fourth-order valence-corrected chi connectivity index (χ4v) is 4.25. The van der Waals surface area contributed by atoms with Crippen molar-refractivity contribution in [3.05, 3.63) is 51.5 Å². The number of aromatic nitrogens is 1. The summed E-state index contributed by atoms with van der Waals surface area (Å²) in [5.41, 5.74) is 3.79. The van der Waals surface area contributed by atoms with Gasteiger partial charge in [-0.3, -0.25) is 4.90 Å². The van der Waals surface area contributed by atoms with Crippen LogP contribution in [0.5, 0.6) is 0 Å². The summed E-state index contributed by atoms with van der Waals surface area (Å²) in [5, 5.41) is 10.2. The summed E-state index contributed by atoms with van der Waals surface area (Å²) in [6.07, 6.45) is 0.904. The second-order valence-corrected chi connectivity index (χ2v) is 8.75. The van der Waals surface area contributed by atoms with Crippen molar-refractivity contribution in [1.29, 1.82) is 0 Å². The highest BCUT2D eigenvalue weighted by atomic mass is 127. The van der Waals surface area contributed by atoms with Crippen LogP contribution in [0.2, 0.25) is 0 Å². The molecule has 6 nitrogen and oxygen atoms in total. The van der Waals surface area contributed by atoms with Crippen molar-refractivity contribution in [2.45, 2.75) is 46.2 Å². The summed E-state index contributed by atoms with van der Waals surface area (Å²) in [6.45, 7) is 13.4. The minimum absolute atomic E-state index is 0. The molecule has 8 heteroatoms. The van der Waals surface area contributed by atoms with E-state index in [1.807, 2.05) is 0 Å². The van der Waals surface area contributed by atoms with E-state index in [0.717, 1.165) is 64.0 Å². The first-order valence-corrected chi connectivity index (χ1v) is 11.9. The van der Waals surface area contributed by atoms with E-state index in [1.54, 1.807) is 11.3 Å². The van der Waals surface area contributed by atoms with Gasteiger partial charge in [0, 0.05) is 50.4 Å². The van der Waals surface area contributed by atoms with E-state index in [9.17, 15) is 0 Å². The number of benzene rings is 1. The first kappa shape index (κ1) is 26.0. The summed E-state index contributed by atoms with van der Waals surface area (Å²) in [6, 6.07) is 8.62. The van der Waals surface area contributed by atoms with Crippen molar-refractivity contribution >= 4 is 41.3 Å². The average molecular weight is 558 g/mol. The summed E-state index contributed by atoms with van der Waals surface area (Å²) >= 11 is 1.75. The number of hydrogen-bond donors (Lipinski definition) is 2. The molecule has 1 aliphatic heterocycles. The SMILES string of the molecule is CCNC(=NCc1ccccc1CN1CCOCC1)NCCc1csc(C(C)C)n1.I. The highest BCUT2D eigenvalue weighted by molar-refractivity contribution is 14.0. The molecule has 0 saturated carbocycles. The molecule has 0 atom stereocenters. The molecule has 31 heavy (non-hydrogen) atoms. The maximum Gasteiger partial charge on any atom is 0.191 e. The van der Waals surface area contributed by atoms with Crippen molar-refractivity contribution < 1.29 is 4.74 Å². The lowest BCUT2D eigenvalue weighted by atomic mass is 10.1. The molecule has 1 fully saturated rings. The maximum atomic E-state index is 5.47. The van der Waals surface area contributed by atoms with Gasteiger partial charge in [-0.05, 0) is 18.1 Å². The molecule has 2 N–H and O–H groups in total. The van der Waals surface area contributed by atoms with Gasteiger partial charge in [-0.2, -0.15) is 0 Å². The predicted molar refractivity (Wildman–Crippen MR) is 141 cm³/mol. The lowest BCUT2D eigenvalue weighted by Gasteiger charge is -2.27. The normalized spacial score (nSPS) is 15.0. The van der Waals surface area contributed by atoms with Crippen LogP contribution in [-0.4, -0.2) is 55.2 Å².